The minimum Gasteiger partial charge on any atom is -0.480 e. The Labute approximate surface area is 134 Å². The topological polar surface area (TPSA) is 97.1 Å². The van der Waals surface area contributed by atoms with Crippen LogP contribution in [0, 0.1) is 12.8 Å². The molecule has 0 spiro atoms. The van der Waals surface area contributed by atoms with E-state index in [0.29, 0.717) is 12.0 Å². The largest absolute Gasteiger partial charge is 0.480 e. The van der Waals surface area contributed by atoms with Crippen LogP contribution in [0.1, 0.15) is 36.2 Å². The second kappa shape index (κ2) is 7.04. The number of carboxylic acid groups (broad SMARTS) is 1. The molecule has 0 fully saturated rings. The molecule has 0 bridgehead atoms. The highest BCUT2D eigenvalue weighted by Crippen LogP contribution is 2.15. The van der Waals surface area contributed by atoms with Crippen LogP contribution in [0.15, 0.2) is 30.9 Å². The minimum atomic E-state index is -1.02. The predicted octanol–water partition coefficient (Wildman–Crippen LogP) is 1.80. The molecular weight excluding hydrogens is 296 g/mol. The molecule has 0 unspecified atom stereocenters. The zero-order chi connectivity index (χ0) is 17.0. The fourth-order valence-corrected chi connectivity index (χ4v) is 2.32. The van der Waals surface area contributed by atoms with Crippen molar-refractivity contribution in [3.8, 4) is 5.69 Å². The van der Waals surface area contributed by atoms with E-state index >= 15 is 0 Å². The van der Waals surface area contributed by atoms with Gasteiger partial charge in [-0.3, -0.25) is 4.79 Å². The number of aromatic nitrogens is 3. The standard InChI is InChI=1S/C16H20N4O3/c1-10(2)6-14(16(22)23)19-15(21)13-5-4-12(7-11(13)3)20-9-17-8-18-20/h4-5,7-10,14H,6H2,1-3H3,(H,19,21)(H,22,23)/t14-/m0/s1. The molecule has 0 aliphatic carbocycles. The van der Waals surface area contributed by atoms with Gasteiger partial charge >= 0.3 is 5.97 Å². The van der Waals surface area contributed by atoms with Crippen molar-refractivity contribution in [1.82, 2.24) is 20.1 Å². The fraction of sp³-hybridized carbons (Fsp3) is 0.375. The SMILES string of the molecule is Cc1cc(-n2cncn2)ccc1C(=O)N[C@@H](CC(C)C)C(=O)O. The van der Waals surface area contributed by atoms with Crippen LogP contribution in [-0.4, -0.2) is 37.8 Å². The Morgan fingerprint density at radius 1 is 1.35 bits per heavy atom. The van der Waals surface area contributed by atoms with Gasteiger partial charge in [-0.2, -0.15) is 5.10 Å². The van der Waals surface area contributed by atoms with E-state index in [4.69, 9.17) is 0 Å². The van der Waals surface area contributed by atoms with Gasteiger partial charge in [0.1, 0.15) is 18.7 Å². The van der Waals surface area contributed by atoms with Crippen LogP contribution in [0.5, 0.6) is 0 Å². The number of nitrogens with one attached hydrogen (secondary N) is 1. The monoisotopic (exact) mass is 316 g/mol. The van der Waals surface area contributed by atoms with Crippen molar-refractivity contribution in [2.24, 2.45) is 5.92 Å². The van der Waals surface area contributed by atoms with E-state index in [9.17, 15) is 14.7 Å². The molecule has 0 aliphatic heterocycles. The van der Waals surface area contributed by atoms with Gasteiger partial charge in [-0.15, -0.1) is 0 Å². The average Bonchev–Trinajstić information content (AvgIpc) is 2.99. The molecule has 1 heterocycles. The van der Waals surface area contributed by atoms with Crippen molar-refractivity contribution in [1.29, 1.82) is 0 Å². The number of hydrogen-bond acceptors (Lipinski definition) is 4. The molecule has 1 aromatic heterocycles. The van der Waals surface area contributed by atoms with Gasteiger partial charge in [-0.25, -0.2) is 14.5 Å². The lowest BCUT2D eigenvalue weighted by molar-refractivity contribution is -0.139. The van der Waals surface area contributed by atoms with Crippen molar-refractivity contribution in [2.75, 3.05) is 0 Å². The maximum atomic E-state index is 12.4. The first-order chi connectivity index (χ1) is 10.9. The van der Waals surface area contributed by atoms with Gasteiger partial charge < -0.3 is 10.4 Å². The Bertz CT molecular complexity index is 695. The summed E-state index contributed by atoms with van der Waals surface area (Å²) in [5.41, 5.74) is 1.97. The van der Waals surface area contributed by atoms with E-state index in [1.165, 1.54) is 6.33 Å². The van der Waals surface area contributed by atoms with Gasteiger partial charge in [0.15, 0.2) is 0 Å². The van der Waals surface area contributed by atoms with E-state index < -0.39 is 12.0 Å². The van der Waals surface area contributed by atoms with E-state index in [-0.39, 0.29) is 11.8 Å². The number of carboxylic acids is 1. The smallest absolute Gasteiger partial charge is 0.326 e. The van der Waals surface area contributed by atoms with Crippen molar-refractivity contribution in [3.05, 3.63) is 42.0 Å². The summed E-state index contributed by atoms with van der Waals surface area (Å²) in [6, 6.07) is 4.32. The number of nitrogens with zero attached hydrogens (tertiary/aromatic N) is 3. The van der Waals surface area contributed by atoms with Crippen molar-refractivity contribution in [3.63, 3.8) is 0 Å². The molecule has 1 amide bonds. The Kier molecular flexibility index (Phi) is 5.10. The summed E-state index contributed by atoms with van der Waals surface area (Å²) in [6.45, 7) is 5.63. The number of carbonyl (C=O) groups is 2. The van der Waals surface area contributed by atoms with Crippen LogP contribution in [0.3, 0.4) is 0 Å². The van der Waals surface area contributed by atoms with Gasteiger partial charge in [0, 0.05) is 5.56 Å². The maximum Gasteiger partial charge on any atom is 0.326 e. The van der Waals surface area contributed by atoms with E-state index in [0.717, 1.165) is 11.3 Å². The molecule has 0 saturated carbocycles. The zero-order valence-corrected chi connectivity index (χ0v) is 13.4. The van der Waals surface area contributed by atoms with Crippen molar-refractivity contribution in [2.45, 2.75) is 33.2 Å². The molecule has 0 saturated heterocycles. The highest BCUT2D eigenvalue weighted by atomic mass is 16.4. The molecule has 23 heavy (non-hydrogen) atoms. The summed E-state index contributed by atoms with van der Waals surface area (Å²) >= 11 is 0. The first-order valence-electron chi connectivity index (χ1n) is 7.37. The second-order valence-electron chi connectivity index (χ2n) is 5.83. The predicted molar refractivity (Wildman–Crippen MR) is 84.4 cm³/mol. The van der Waals surface area contributed by atoms with Crippen LogP contribution in [0.4, 0.5) is 0 Å². The van der Waals surface area contributed by atoms with Crippen molar-refractivity contribution < 1.29 is 14.7 Å². The third-order valence-corrected chi connectivity index (χ3v) is 3.45. The van der Waals surface area contributed by atoms with E-state index in [2.05, 4.69) is 15.4 Å². The molecule has 122 valence electrons. The summed E-state index contributed by atoms with van der Waals surface area (Å²) < 4.78 is 1.59. The Morgan fingerprint density at radius 2 is 2.09 bits per heavy atom. The molecule has 7 nitrogen and oxygen atoms in total. The summed E-state index contributed by atoms with van der Waals surface area (Å²) in [4.78, 5) is 27.5. The Morgan fingerprint density at radius 3 is 2.61 bits per heavy atom. The molecule has 0 radical (unpaired) electrons. The number of hydrogen-bond donors (Lipinski definition) is 2. The number of benzene rings is 1. The van der Waals surface area contributed by atoms with Gasteiger partial charge in [-0.05, 0) is 43.0 Å². The van der Waals surface area contributed by atoms with Gasteiger partial charge in [0.05, 0.1) is 5.69 Å². The lowest BCUT2D eigenvalue weighted by Gasteiger charge is -2.17. The summed E-state index contributed by atoms with van der Waals surface area (Å²) in [7, 11) is 0. The van der Waals surface area contributed by atoms with Gasteiger partial charge in [0.2, 0.25) is 0 Å². The summed E-state index contributed by atoms with van der Waals surface area (Å²) in [5, 5.41) is 15.8. The van der Waals surface area contributed by atoms with Crippen LogP contribution in [0.2, 0.25) is 0 Å². The third-order valence-electron chi connectivity index (χ3n) is 3.45. The lowest BCUT2D eigenvalue weighted by atomic mass is 10.0. The molecule has 0 aliphatic rings. The molecular formula is C16H20N4O3. The Hall–Kier alpha value is -2.70. The highest BCUT2D eigenvalue weighted by Gasteiger charge is 2.22. The molecule has 2 N–H and O–H groups in total. The van der Waals surface area contributed by atoms with Crippen molar-refractivity contribution >= 4 is 11.9 Å². The zero-order valence-electron chi connectivity index (χ0n) is 13.4. The average molecular weight is 316 g/mol. The Balaban J connectivity index is 2.17. The van der Waals surface area contributed by atoms with Crippen LogP contribution in [-0.2, 0) is 4.79 Å². The first kappa shape index (κ1) is 16.7. The third kappa shape index (κ3) is 4.15. The number of amides is 1. The first-order valence-corrected chi connectivity index (χ1v) is 7.37. The highest BCUT2D eigenvalue weighted by molar-refractivity contribution is 5.98. The van der Waals surface area contributed by atoms with E-state index in [1.807, 2.05) is 19.9 Å². The molecule has 2 aromatic rings. The summed E-state index contributed by atoms with van der Waals surface area (Å²) in [5.74, 6) is -1.24. The molecule has 1 atom stereocenters. The second-order valence-corrected chi connectivity index (χ2v) is 5.83. The number of aryl methyl sites for hydroxylation is 1. The lowest BCUT2D eigenvalue weighted by Crippen LogP contribution is -2.41. The molecule has 7 heteroatoms. The summed E-state index contributed by atoms with van der Waals surface area (Å²) in [6.07, 6.45) is 3.38. The van der Waals surface area contributed by atoms with E-state index in [1.54, 1.807) is 30.1 Å². The number of carbonyl (C=O) groups excluding carboxylic acids is 1. The molecule has 2 rings (SSSR count). The quantitative estimate of drug-likeness (QED) is 0.847. The number of rotatable bonds is 6. The van der Waals surface area contributed by atoms with Gasteiger partial charge in [-0.1, -0.05) is 13.8 Å². The maximum absolute atomic E-state index is 12.4. The van der Waals surface area contributed by atoms with Gasteiger partial charge in [0.25, 0.3) is 5.91 Å². The van der Waals surface area contributed by atoms with Crippen LogP contribution >= 0.6 is 0 Å². The fourth-order valence-electron chi connectivity index (χ4n) is 2.32. The van der Waals surface area contributed by atoms with Crippen LogP contribution in [0.25, 0.3) is 5.69 Å². The normalized spacial score (nSPS) is 12.2. The molecule has 1 aromatic carbocycles. The number of aliphatic carboxylic acids is 1. The minimum absolute atomic E-state index is 0.173. The van der Waals surface area contributed by atoms with Crippen LogP contribution < -0.4 is 5.32 Å².